The maximum absolute atomic E-state index is 11.5. The maximum Gasteiger partial charge on any atom is 0.244 e. The van der Waals surface area contributed by atoms with Gasteiger partial charge in [-0.05, 0) is 52.7 Å². The van der Waals surface area contributed by atoms with Gasteiger partial charge in [0.1, 0.15) is 15.8 Å². The SMILES string of the molecule is CSC1=N/C(=C/c2ccc(I)o2)C(=O)S1. The van der Waals surface area contributed by atoms with Gasteiger partial charge in [0.25, 0.3) is 0 Å². The van der Waals surface area contributed by atoms with E-state index in [0.717, 1.165) is 19.9 Å². The van der Waals surface area contributed by atoms with E-state index in [1.54, 1.807) is 6.08 Å². The Morgan fingerprint density at radius 1 is 1.60 bits per heavy atom. The molecule has 0 saturated heterocycles. The zero-order valence-corrected chi connectivity index (χ0v) is 11.5. The number of rotatable bonds is 1. The van der Waals surface area contributed by atoms with E-state index < -0.39 is 0 Å². The van der Waals surface area contributed by atoms with Gasteiger partial charge in [-0.3, -0.25) is 4.79 Å². The van der Waals surface area contributed by atoms with Crippen molar-refractivity contribution < 1.29 is 9.21 Å². The number of halogens is 1. The molecule has 0 unspecified atom stereocenters. The van der Waals surface area contributed by atoms with Crippen molar-refractivity contribution in [1.82, 2.24) is 0 Å². The highest BCUT2D eigenvalue weighted by Gasteiger charge is 2.21. The number of hydrogen-bond donors (Lipinski definition) is 0. The van der Waals surface area contributed by atoms with Crippen LogP contribution in [0.1, 0.15) is 5.76 Å². The second kappa shape index (κ2) is 4.75. The largest absolute Gasteiger partial charge is 0.451 e. The first kappa shape index (κ1) is 11.3. The number of aliphatic imine (C=N–C) groups is 1. The Bertz CT molecular complexity index is 464. The zero-order valence-electron chi connectivity index (χ0n) is 7.69. The molecular weight excluding hydrogens is 345 g/mol. The van der Waals surface area contributed by atoms with Gasteiger partial charge in [-0.1, -0.05) is 0 Å². The Hall–Kier alpha value is -0.210. The predicted molar refractivity (Wildman–Crippen MR) is 73.0 cm³/mol. The Balaban J connectivity index is 2.27. The molecule has 0 amide bonds. The third kappa shape index (κ3) is 2.67. The van der Waals surface area contributed by atoms with Crippen molar-refractivity contribution in [3.05, 3.63) is 27.4 Å². The van der Waals surface area contributed by atoms with E-state index in [-0.39, 0.29) is 5.12 Å². The molecule has 0 aliphatic carbocycles. The number of nitrogens with zero attached hydrogens (tertiary/aromatic N) is 1. The lowest BCUT2D eigenvalue weighted by Crippen LogP contribution is -1.86. The first-order valence-corrected chi connectivity index (χ1v) is 7.13. The summed E-state index contributed by atoms with van der Waals surface area (Å²) in [5.41, 5.74) is 0.454. The average Bonchev–Trinajstić information content (AvgIpc) is 2.75. The van der Waals surface area contributed by atoms with Gasteiger partial charge < -0.3 is 4.42 Å². The molecule has 1 aromatic rings. The van der Waals surface area contributed by atoms with Crippen LogP contribution in [-0.2, 0) is 4.79 Å². The van der Waals surface area contributed by atoms with Crippen LogP contribution >= 0.6 is 46.1 Å². The summed E-state index contributed by atoms with van der Waals surface area (Å²) in [6.45, 7) is 0. The number of carbonyl (C=O) groups is 1. The molecule has 78 valence electrons. The lowest BCUT2D eigenvalue weighted by molar-refractivity contribution is -0.107. The minimum atomic E-state index is -0.0224. The van der Waals surface area contributed by atoms with Gasteiger partial charge in [0.2, 0.25) is 5.12 Å². The van der Waals surface area contributed by atoms with Crippen LogP contribution in [0.2, 0.25) is 0 Å². The molecule has 0 N–H and O–H groups in total. The Labute approximate surface area is 109 Å². The monoisotopic (exact) mass is 351 g/mol. The first-order valence-electron chi connectivity index (χ1n) is 4.01. The first-order chi connectivity index (χ1) is 7.19. The normalized spacial score (nSPS) is 18.7. The van der Waals surface area contributed by atoms with Crippen LogP contribution in [0.5, 0.6) is 0 Å². The van der Waals surface area contributed by atoms with E-state index in [1.165, 1.54) is 11.8 Å². The van der Waals surface area contributed by atoms with Crippen LogP contribution < -0.4 is 0 Å². The summed E-state index contributed by atoms with van der Waals surface area (Å²) < 4.78 is 6.92. The third-order valence-electron chi connectivity index (χ3n) is 1.65. The number of carbonyl (C=O) groups excluding carboxylic acids is 1. The molecule has 0 spiro atoms. The quantitative estimate of drug-likeness (QED) is 0.576. The van der Waals surface area contributed by atoms with Crippen molar-refractivity contribution >= 4 is 61.7 Å². The molecule has 0 fully saturated rings. The smallest absolute Gasteiger partial charge is 0.244 e. The second-order valence-corrected chi connectivity index (χ2v) is 5.72. The van der Waals surface area contributed by atoms with E-state index >= 15 is 0 Å². The fraction of sp³-hybridized carbons (Fsp3) is 0.111. The Morgan fingerprint density at radius 3 is 2.93 bits per heavy atom. The summed E-state index contributed by atoms with van der Waals surface area (Å²) in [7, 11) is 0. The Morgan fingerprint density at radius 2 is 2.40 bits per heavy atom. The highest BCUT2D eigenvalue weighted by atomic mass is 127. The topological polar surface area (TPSA) is 42.6 Å². The van der Waals surface area contributed by atoms with Crippen molar-refractivity contribution in [2.24, 2.45) is 4.99 Å². The summed E-state index contributed by atoms with van der Waals surface area (Å²) in [5, 5.41) is -0.0224. The lowest BCUT2D eigenvalue weighted by atomic mass is 10.3. The summed E-state index contributed by atoms with van der Waals surface area (Å²) in [4.78, 5) is 15.7. The van der Waals surface area contributed by atoms with Crippen molar-refractivity contribution in [1.29, 1.82) is 0 Å². The van der Waals surface area contributed by atoms with Crippen LogP contribution in [0.25, 0.3) is 6.08 Å². The molecule has 15 heavy (non-hydrogen) atoms. The molecule has 2 rings (SSSR count). The van der Waals surface area contributed by atoms with Crippen LogP contribution in [-0.4, -0.2) is 15.7 Å². The van der Waals surface area contributed by atoms with E-state index in [9.17, 15) is 4.79 Å². The highest BCUT2D eigenvalue weighted by molar-refractivity contribution is 14.1. The van der Waals surface area contributed by atoms with Crippen molar-refractivity contribution in [2.75, 3.05) is 6.26 Å². The highest BCUT2D eigenvalue weighted by Crippen LogP contribution is 2.29. The van der Waals surface area contributed by atoms with Crippen molar-refractivity contribution in [3.8, 4) is 0 Å². The van der Waals surface area contributed by atoms with Gasteiger partial charge in [-0.2, -0.15) is 0 Å². The molecule has 0 bridgehead atoms. The molecule has 1 aromatic heterocycles. The molecule has 1 aliphatic heterocycles. The van der Waals surface area contributed by atoms with Gasteiger partial charge in [0.15, 0.2) is 3.77 Å². The molecule has 0 radical (unpaired) electrons. The number of furan rings is 1. The fourth-order valence-corrected chi connectivity index (χ4v) is 2.71. The minimum Gasteiger partial charge on any atom is -0.451 e. The molecular formula is C9H6INO2S2. The average molecular weight is 351 g/mol. The predicted octanol–water partition coefficient (Wildman–Crippen LogP) is 3.22. The van der Waals surface area contributed by atoms with Crippen molar-refractivity contribution in [2.45, 2.75) is 0 Å². The molecule has 3 nitrogen and oxygen atoms in total. The van der Waals surface area contributed by atoms with Gasteiger partial charge >= 0.3 is 0 Å². The van der Waals surface area contributed by atoms with Gasteiger partial charge in [-0.25, -0.2) is 4.99 Å². The molecule has 2 heterocycles. The molecule has 1 aliphatic rings. The summed E-state index contributed by atoms with van der Waals surface area (Å²) in [5.74, 6) is 0.662. The Kier molecular flexibility index (Phi) is 3.57. The van der Waals surface area contributed by atoms with E-state index in [1.807, 2.05) is 18.4 Å². The molecule has 0 atom stereocenters. The third-order valence-corrected chi connectivity index (χ3v) is 4.08. The van der Waals surface area contributed by atoms with E-state index in [0.29, 0.717) is 11.5 Å². The fourth-order valence-electron chi connectivity index (χ4n) is 1.02. The maximum atomic E-state index is 11.5. The van der Waals surface area contributed by atoms with Crippen LogP contribution in [0.4, 0.5) is 0 Å². The summed E-state index contributed by atoms with van der Waals surface area (Å²) >= 11 is 4.71. The van der Waals surface area contributed by atoms with E-state index in [2.05, 4.69) is 27.6 Å². The number of thioether (sulfide) groups is 2. The minimum absolute atomic E-state index is 0.0224. The summed E-state index contributed by atoms with van der Waals surface area (Å²) in [6, 6.07) is 3.66. The zero-order chi connectivity index (χ0) is 10.8. The van der Waals surface area contributed by atoms with Crippen LogP contribution in [0, 0.1) is 3.77 Å². The standard InChI is InChI=1S/C9H6INO2S2/c1-14-9-11-6(8(12)15-9)4-5-2-3-7(10)13-5/h2-4H,1H3/b6-4+. The summed E-state index contributed by atoms with van der Waals surface area (Å²) in [6.07, 6.45) is 3.57. The number of hydrogen-bond acceptors (Lipinski definition) is 5. The van der Waals surface area contributed by atoms with Crippen LogP contribution in [0.3, 0.4) is 0 Å². The second-order valence-electron chi connectivity index (χ2n) is 2.64. The van der Waals surface area contributed by atoms with Gasteiger partial charge in [0.05, 0.1) is 0 Å². The molecule has 0 aromatic carbocycles. The molecule has 6 heteroatoms. The lowest BCUT2D eigenvalue weighted by Gasteiger charge is -1.87. The van der Waals surface area contributed by atoms with Crippen molar-refractivity contribution in [3.63, 3.8) is 0 Å². The van der Waals surface area contributed by atoms with Crippen LogP contribution in [0.15, 0.2) is 27.2 Å². The van der Waals surface area contributed by atoms with Gasteiger partial charge in [0, 0.05) is 6.08 Å². The molecule has 0 saturated carbocycles. The van der Waals surface area contributed by atoms with Gasteiger partial charge in [-0.15, -0.1) is 11.8 Å². The van der Waals surface area contributed by atoms with E-state index in [4.69, 9.17) is 4.42 Å².